The molecular weight excluding hydrogens is 328 g/mol. The first-order chi connectivity index (χ1) is 10.2. The Labute approximate surface area is 137 Å². The van der Waals surface area contributed by atoms with Gasteiger partial charge in [-0.3, -0.25) is 0 Å². The van der Waals surface area contributed by atoms with Crippen molar-refractivity contribution in [2.24, 2.45) is 0 Å². The number of unbranched alkanes of at least 4 members (excludes halogenated alkanes) is 6. The van der Waals surface area contributed by atoms with Crippen LogP contribution in [0.5, 0.6) is 0 Å². The molecule has 0 heterocycles. The molecule has 0 saturated carbocycles. The molecule has 0 unspecified atom stereocenters. The second-order valence-electron chi connectivity index (χ2n) is 5.98. The minimum Gasteiger partial charge on any atom is -0.395 e. The Morgan fingerprint density at radius 3 is 2.14 bits per heavy atom. The van der Waals surface area contributed by atoms with Crippen LogP contribution in [-0.2, 0) is 5.41 Å². The summed E-state index contributed by atoms with van der Waals surface area (Å²) in [5.41, 5.74) is 0.514. The molecule has 0 fully saturated rings. The van der Waals surface area contributed by atoms with Crippen molar-refractivity contribution < 1.29 is 10.2 Å². The van der Waals surface area contributed by atoms with E-state index in [-0.39, 0.29) is 13.2 Å². The van der Waals surface area contributed by atoms with E-state index < -0.39 is 5.41 Å². The van der Waals surface area contributed by atoms with Crippen molar-refractivity contribution in [3.63, 3.8) is 0 Å². The highest BCUT2D eigenvalue weighted by atomic mass is 79.9. The standard InChI is InChI=1S/C18H29BrO2/c1-2-3-4-5-6-7-8-12-18(14-20,15-21)16-10-9-11-17(19)13-16/h9-11,13,20-21H,2-8,12,14-15H2,1H3. The van der Waals surface area contributed by atoms with Crippen LogP contribution in [-0.4, -0.2) is 23.4 Å². The zero-order valence-corrected chi connectivity index (χ0v) is 14.7. The summed E-state index contributed by atoms with van der Waals surface area (Å²) < 4.78 is 0.992. The summed E-state index contributed by atoms with van der Waals surface area (Å²) >= 11 is 3.47. The smallest absolute Gasteiger partial charge is 0.0550 e. The Bertz CT molecular complexity index is 389. The SMILES string of the molecule is CCCCCCCCCC(CO)(CO)c1cccc(Br)c1. The normalized spacial score (nSPS) is 11.8. The third-order valence-corrected chi connectivity index (χ3v) is 4.79. The maximum Gasteiger partial charge on any atom is 0.0550 e. The second kappa shape index (κ2) is 10.4. The first kappa shape index (κ1) is 18.7. The zero-order valence-electron chi connectivity index (χ0n) is 13.2. The molecule has 0 aromatic heterocycles. The van der Waals surface area contributed by atoms with Crippen LogP contribution in [0.15, 0.2) is 28.7 Å². The number of rotatable bonds is 11. The van der Waals surface area contributed by atoms with Crippen molar-refractivity contribution >= 4 is 15.9 Å². The quantitative estimate of drug-likeness (QED) is 0.558. The first-order valence-electron chi connectivity index (χ1n) is 8.16. The monoisotopic (exact) mass is 356 g/mol. The fraction of sp³-hybridized carbons (Fsp3) is 0.667. The summed E-state index contributed by atoms with van der Waals surface area (Å²) in [5, 5.41) is 19.6. The van der Waals surface area contributed by atoms with Crippen LogP contribution in [0.4, 0.5) is 0 Å². The lowest BCUT2D eigenvalue weighted by molar-refractivity contribution is 0.107. The van der Waals surface area contributed by atoms with Gasteiger partial charge in [-0.25, -0.2) is 0 Å². The minimum absolute atomic E-state index is 0.00418. The maximum absolute atomic E-state index is 9.82. The van der Waals surface area contributed by atoms with Gasteiger partial charge in [-0.1, -0.05) is 79.9 Å². The Kier molecular flexibility index (Phi) is 9.21. The molecule has 2 N–H and O–H groups in total. The van der Waals surface area contributed by atoms with Gasteiger partial charge in [-0.2, -0.15) is 0 Å². The second-order valence-corrected chi connectivity index (χ2v) is 6.89. The van der Waals surface area contributed by atoms with Crippen molar-refractivity contribution in [3.05, 3.63) is 34.3 Å². The van der Waals surface area contributed by atoms with Gasteiger partial charge in [0.15, 0.2) is 0 Å². The molecule has 0 aliphatic carbocycles. The Hall–Kier alpha value is -0.380. The van der Waals surface area contributed by atoms with Crippen molar-refractivity contribution in [3.8, 4) is 0 Å². The Morgan fingerprint density at radius 1 is 0.952 bits per heavy atom. The molecule has 0 amide bonds. The van der Waals surface area contributed by atoms with E-state index in [1.807, 2.05) is 24.3 Å². The van der Waals surface area contributed by atoms with Crippen LogP contribution in [0.2, 0.25) is 0 Å². The number of aliphatic hydroxyl groups excluding tert-OH is 2. The first-order valence-corrected chi connectivity index (χ1v) is 8.95. The van der Waals surface area contributed by atoms with Crippen LogP contribution < -0.4 is 0 Å². The molecule has 2 nitrogen and oxygen atoms in total. The van der Waals surface area contributed by atoms with Gasteiger partial charge in [-0.05, 0) is 24.1 Å². The molecule has 1 aromatic carbocycles. The number of benzene rings is 1. The predicted octanol–water partition coefficient (Wildman–Crippen LogP) is 4.81. The molecule has 0 atom stereocenters. The largest absolute Gasteiger partial charge is 0.395 e. The molecule has 1 aromatic rings. The minimum atomic E-state index is -0.507. The number of halogens is 1. The molecule has 0 bridgehead atoms. The zero-order chi connectivity index (χ0) is 15.6. The summed E-state index contributed by atoms with van der Waals surface area (Å²) in [6.07, 6.45) is 9.56. The van der Waals surface area contributed by atoms with E-state index in [1.54, 1.807) is 0 Å². The van der Waals surface area contributed by atoms with Crippen molar-refractivity contribution in [1.29, 1.82) is 0 Å². The van der Waals surface area contributed by atoms with Gasteiger partial charge >= 0.3 is 0 Å². The summed E-state index contributed by atoms with van der Waals surface area (Å²) in [6, 6.07) is 7.94. The van der Waals surface area contributed by atoms with E-state index in [1.165, 1.54) is 38.5 Å². The van der Waals surface area contributed by atoms with Crippen LogP contribution in [0.25, 0.3) is 0 Å². The number of hydrogen-bond acceptors (Lipinski definition) is 2. The fourth-order valence-corrected chi connectivity index (χ4v) is 3.17. The Morgan fingerprint density at radius 2 is 1.57 bits per heavy atom. The number of aliphatic hydroxyl groups is 2. The highest BCUT2D eigenvalue weighted by Crippen LogP contribution is 2.31. The van der Waals surface area contributed by atoms with E-state index in [0.717, 1.165) is 22.9 Å². The van der Waals surface area contributed by atoms with Gasteiger partial charge in [0.05, 0.1) is 13.2 Å². The summed E-state index contributed by atoms with van der Waals surface area (Å²) in [6.45, 7) is 2.22. The number of hydrogen-bond donors (Lipinski definition) is 2. The van der Waals surface area contributed by atoms with Gasteiger partial charge in [0, 0.05) is 9.89 Å². The van der Waals surface area contributed by atoms with Gasteiger partial charge in [0.25, 0.3) is 0 Å². The van der Waals surface area contributed by atoms with Crippen LogP contribution in [0.3, 0.4) is 0 Å². The molecule has 0 radical (unpaired) electrons. The highest BCUT2D eigenvalue weighted by Gasteiger charge is 2.30. The van der Waals surface area contributed by atoms with Crippen LogP contribution in [0, 0.1) is 0 Å². The van der Waals surface area contributed by atoms with Gasteiger partial charge in [-0.15, -0.1) is 0 Å². The van der Waals surface area contributed by atoms with Crippen LogP contribution in [0.1, 0.15) is 63.9 Å². The van der Waals surface area contributed by atoms with Crippen molar-refractivity contribution in [2.45, 2.75) is 63.7 Å². The fourth-order valence-electron chi connectivity index (χ4n) is 2.77. The molecule has 21 heavy (non-hydrogen) atoms. The average Bonchev–Trinajstić information content (AvgIpc) is 2.51. The molecule has 0 aliphatic rings. The summed E-state index contributed by atoms with van der Waals surface area (Å²) in [5.74, 6) is 0. The van der Waals surface area contributed by atoms with Gasteiger partial charge in [0.2, 0.25) is 0 Å². The lowest BCUT2D eigenvalue weighted by atomic mass is 9.77. The maximum atomic E-state index is 9.82. The molecule has 1 rings (SSSR count). The summed E-state index contributed by atoms with van der Waals surface area (Å²) in [4.78, 5) is 0. The van der Waals surface area contributed by atoms with E-state index >= 15 is 0 Å². The Balaban J connectivity index is 2.49. The van der Waals surface area contributed by atoms with E-state index in [4.69, 9.17) is 0 Å². The van der Waals surface area contributed by atoms with E-state index in [9.17, 15) is 10.2 Å². The van der Waals surface area contributed by atoms with Gasteiger partial charge < -0.3 is 10.2 Å². The van der Waals surface area contributed by atoms with Crippen LogP contribution >= 0.6 is 15.9 Å². The average molecular weight is 357 g/mol. The molecule has 120 valence electrons. The molecule has 3 heteroatoms. The van der Waals surface area contributed by atoms with Crippen molar-refractivity contribution in [2.75, 3.05) is 13.2 Å². The summed E-state index contributed by atoms with van der Waals surface area (Å²) in [7, 11) is 0. The molecule has 0 aliphatic heterocycles. The molecule has 0 spiro atoms. The lowest BCUT2D eigenvalue weighted by Gasteiger charge is -2.30. The van der Waals surface area contributed by atoms with Crippen molar-refractivity contribution in [1.82, 2.24) is 0 Å². The molecule has 0 saturated heterocycles. The van der Waals surface area contributed by atoms with E-state index in [0.29, 0.717) is 0 Å². The highest BCUT2D eigenvalue weighted by molar-refractivity contribution is 9.10. The third-order valence-electron chi connectivity index (χ3n) is 4.30. The van der Waals surface area contributed by atoms with E-state index in [2.05, 4.69) is 22.9 Å². The topological polar surface area (TPSA) is 40.5 Å². The van der Waals surface area contributed by atoms with Gasteiger partial charge in [0.1, 0.15) is 0 Å². The third kappa shape index (κ3) is 6.09. The lowest BCUT2D eigenvalue weighted by Crippen LogP contribution is -2.34. The predicted molar refractivity (Wildman–Crippen MR) is 92.6 cm³/mol. The molecular formula is C18H29BrO2.